The number of hydrogen-bond acceptors (Lipinski definition) is 7. The molecule has 4 aromatic rings. The fourth-order valence-corrected chi connectivity index (χ4v) is 4.22. The van der Waals surface area contributed by atoms with Crippen molar-refractivity contribution in [3.63, 3.8) is 0 Å². The molecular formula is C25H29N5O2S. The molecule has 172 valence electrons. The van der Waals surface area contributed by atoms with Gasteiger partial charge in [-0.15, -0.1) is 10.2 Å². The van der Waals surface area contributed by atoms with Crippen molar-refractivity contribution in [3.8, 4) is 11.4 Å². The van der Waals surface area contributed by atoms with Crippen molar-refractivity contribution in [3.05, 3.63) is 77.7 Å². The first-order valence-corrected chi connectivity index (χ1v) is 12.0. The van der Waals surface area contributed by atoms with E-state index in [1.807, 2.05) is 56.3 Å². The van der Waals surface area contributed by atoms with Gasteiger partial charge < -0.3 is 9.26 Å². The van der Waals surface area contributed by atoms with Crippen LogP contribution >= 0.6 is 11.8 Å². The van der Waals surface area contributed by atoms with E-state index < -0.39 is 0 Å². The lowest BCUT2D eigenvalue weighted by Crippen LogP contribution is -2.13. The molecule has 0 bridgehead atoms. The Hall–Kier alpha value is -3.13. The summed E-state index contributed by atoms with van der Waals surface area (Å²) in [6.07, 6.45) is 0.671. The van der Waals surface area contributed by atoms with Crippen molar-refractivity contribution in [1.82, 2.24) is 24.9 Å². The molecule has 0 aliphatic rings. The standard InChI is InChI=1S/C25H29N5O2S/c1-6-31-20-14-12-19(13-15-20)30-21(16-18-10-8-7-9-11-18)27-28-24(30)33-17(2)22-26-23(29-32-22)25(3,4)5/h7-15,17H,6,16H2,1-5H3. The van der Waals surface area contributed by atoms with Gasteiger partial charge in [0.15, 0.2) is 11.0 Å². The number of nitrogens with zero attached hydrogens (tertiary/aromatic N) is 5. The third kappa shape index (κ3) is 5.45. The van der Waals surface area contributed by atoms with Crippen molar-refractivity contribution in [2.45, 2.75) is 56.9 Å². The zero-order valence-corrected chi connectivity index (χ0v) is 20.5. The van der Waals surface area contributed by atoms with Crippen LogP contribution in [0.25, 0.3) is 5.69 Å². The minimum absolute atomic E-state index is 0.0798. The maximum atomic E-state index is 5.61. The van der Waals surface area contributed by atoms with Crippen LogP contribution in [0.3, 0.4) is 0 Å². The average molecular weight is 464 g/mol. The molecular weight excluding hydrogens is 434 g/mol. The predicted molar refractivity (Wildman–Crippen MR) is 129 cm³/mol. The molecule has 0 saturated carbocycles. The van der Waals surface area contributed by atoms with Gasteiger partial charge in [0.05, 0.1) is 11.9 Å². The van der Waals surface area contributed by atoms with Crippen molar-refractivity contribution in [2.75, 3.05) is 6.61 Å². The molecule has 0 aliphatic carbocycles. The average Bonchev–Trinajstić information content (AvgIpc) is 3.43. The van der Waals surface area contributed by atoms with E-state index in [2.05, 4.69) is 57.8 Å². The van der Waals surface area contributed by atoms with Crippen LogP contribution in [0.15, 0.2) is 64.3 Å². The number of rotatable bonds is 8. The van der Waals surface area contributed by atoms with Crippen LogP contribution in [0.5, 0.6) is 5.75 Å². The normalized spacial score (nSPS) is 12.6. The summed E-state index contributed by atoms with van der Waals surface area (Å²) in [5.74, 6) is 2.97. The van der Waals surface area contributed by atoms with Gasteiger partial charge in [-0.2, -0.15) is 4.98 Å². The molecule has 1 unspecified atom stereocenters. The maximum absolute atomic E-state index is 5.61. The van der Waals surface area contributed by atoms with Gasteiger partial charge in [0.2, 0.25) is 5.89 Å². The lowest BCUT2D eigenvalue weighted by Gasteiger charge is -2.13. The van der Waals surface area contributed by atoms with Gasteiger partial charge in [0.1, 0.15) is 11.6 Å². The fraction of sp³-hybridized carbons (Fsp3) is 0.360. The van der Waals surface area contributed by atoms with Crippen LogP contribution in [-0.2, 0) is 11.8 Å². The smallest absolute Gasteiger partial charge is 0.239 e. The Balaban J connectivity index is 1.66. The van der Waals surface area contributed by atoms with E-state index in [4.69, 9.17) is 9.26 Å². The summed E-state index contributed by atoms with van der Waals surface area (Å²) in [7, 11) is 0. The number of hydrogen-bond donors (Lipinski definition) is 0. The van der Waals surface area contributed by atoms with Gasteiger partial charge in [-0.1, -0.05) is 68.0 Å². The molecule has 7 nitrogen and oxygen atoms in total. The molecule has 33 heavy (non-hydrogen) atoms. The summed E-state index contributed by atoms with van der Waals surface area (Å²) >= 11 is 1.55. The van der Waals surface area contributed by atoms with E-state index in [0.29, 0.717) is 24.7 Å². The fourth-order valence-electron chi connectivity index (χ4n) is 3.30. The van der Waals surface area contributed by atoms with Crippen molar-refractivity contribution < 1.29 is 9.26 Å². The maximum Gasteiger partial charge on any atom is 0.239 e. The molecule has 0 saturated heterocycles. The second kappa shape index (κ2) is 9.79. The summed E-state index contributed by atoms with van der Waals surface area (Å²) in [6.45, 7) is 10.8. The topological polar surface area (TPSA) is 78.9 Å². The van der Waals surface area contributed by atoms with E-state index in [1.165, 1.54) is 5.56 Å². The van der Waals surface area contributed by atoms with Gasteiger partial charge in [-0.05, 0) is 43.7 Å². The third-order valence-electron chi connectivity index (χ3n) is 5.05. The predicted octanol–water partition coefficient (Wildman–Crippen LogP) is 5.79. The van der Waals surface area contributed by atoms with Crippen LogP contribution in [-0.4, -0.2) is 31.5 Å². The summed E-state index contributed by atoms with van der Waals surface area (Å²) in [5.41, 5.74) is 1.98. The number of ether oxygens (including phenoxy) is 1. The summed E-state index contributed by atoms with van der Waals surface area (Å²) in [6, 6.07) is 18.3. The second-order valence-electron chi connectivity index (χ2n) is 8.79. The van der Waals surface area contributed by atoms with Gasteiger partial charge in [-0.3, -0.25) is 4.57 Å². The molecule has 0 spiro atoms. The lowest BCUT2D eigenvalue weighted by atomic mass is 9.96. The second-order valence-corrected chi connectivity index (χ2v) is 10.1. The Bertz CT molecular complexity index is 1180. The van der Waals surface area contributed by atoms with Crippen LogP contribution in [0, 0.1) is 0 Å². The van der Waals surface area contributed by atoms with Gasteiger partial charge >= 0.3 is 0 Å². The van der Waals surface area contributed by atoms with Gasteiger partial charge in [0.25, 0.3) is 0 Å². The highest BCUT2D eigenvalue weighted by molar-refractivity contribution is 7.99. The molecule has 0 radical (unpaired) electrons. The Kier molecular flexibility index (Phi) is 6.83. The molecule has 0 aliphatic heterocycles. The van der Waals surface area contributed by atoms with Crippen molar-refractivity contribution in [1.29, 1.82) is 0 Å². The largest absolute Gasteiger partial charge is 0.494 e. The summed E-state index contributed by atoms with van der Waals surface area (Å²) in [4.78, 5) is 4.61. The third-order valence-corrected chi connectivity index (χ3v) is 6.08. The molecule has 4 rings (SSSR count). The van der Waals surface area contributed by atoms with E-state index >= 15 is 0 Å². The first-order chi connectivity index (χ1) is 15.8. The molecule has 8 heteroatoms. The highest BCUT2D eigenvalue weighted by Crippen LogP contribution is 2.36. The summed E-state index contributed by atoms with van der Waals surface area (Å²) < 4.78 is 13.3. The molecule has 2 heterocycles. The van der Waals surface area contributed by atoms with Crippen LogP contribution < -0.4 is 4.74 Å². The van der Waals surface area contributed by atoms with E-state index in [1.54, 1.807) is 11.8 Å². The number of aromatic nitrogens is 5. The Morgan fingerprint density at radius 3 is 2.39 bits per heavy atom. The van der Waals surface area contributed by atoms with Crippen LogP contribution in [0.1, 0.15) is 63.0 Å². The van der Waals surface area contributed by atoms with Crippen LogP contribution in [0.2, 0.25) is 0 Å². The molecule has 2 aromatic carbocycles. The van der Waals surface area contributed by atoms with E-state index in [9.17, 15) is 0 Å². The Morgan fingerprint density at radius 2 is 1.76 bits per heavy atom. The Morgan fingerprint density at radius 1 is 1.03 bits per heavy atom. The zero-order chi connectivity index (χ0) is 23.4. The quantitative estimate of drug-likeness (QED) is 0.306. The minimum Gasteiger partial charge on any atom is -0.494 e. The lowest BCUT2D eigenvalue weighted by molar-refractivity contribution is 0.340. The SMILES string of the molecule is CCOc1ccc(-n2c(Cc3ccccc3)nnc2SC(C)c2nc(C(C)(C)C)no2)cc1. The zero-order valence-electron chi connectivity index (χ0n) is 19.6. The number of benzene rings is 2. The van der Waals surface area contributed by atoms with Gasteiger partial charge in [0, 0.05) is 17.5 Å². The monoisotopic (exact) mass is 463 g/mol. The van der Waals surface area contributed by atoms with Crippen molar-refractivity contribution in [2.24, 2.45) is 0 Å². The highest BCUT2D eigenvalue weighted by atomic mass is 32.2. The molecule has 0 fully saturated rings. The van der Waals surface area contributed by atoms with E-state index in [0.717, 1.165) is 22.4 Å². The molecule has 2 aromatic heterocycles. The van der Waals surface area contributed by atoms with E-state index in [-0.39, 0.29) is 10.7 Å². The van der Waals surface area contributed by atoms with Crippen LogP contribution in [0.4, 0.5) is 0 Å². The highest BCUT2D eigenvalue weighted by Gasteiger charge is 2.25. The van der Waals surface area contributed by atoms with Crippen molar-refractivity contribution >= 4 is 11.8 Å². The first-order valence-electron chi connectivity index (χ1n) is 11.1. The number of thioether (sulfide) groups is 1. The summed E-state index contributed by atoms with van der Waals surface area (Å²) in [5, 5.41) is 13.9. The minimum atomic E-state index is -0.169. The molecule has 0 N–H and O–H groups in total. The first kappa shape index (κ1) is 23.0. The van der Waals surface area contributed by atoms with Gasteiger partial charge in [-0.25, -0.2) is 0 Å². The molecule has 1 atom stereocenters. The molecule has 0 amide bonds. The Labute approximate surface area is 198 Å².